The van der Waals surface area contributed by atoms with Crippen molar-refractivity contribution in [3.05, 3.63) is 35.9 Å². The molecule has 0 aliphatic carbocycles. The van der Waals surface area contributed by atoms with Crippen LogP contribution in [0.15, 0.2) is 30.3 Å². The van der Waals surface area contributed by atoms with E-state index in [0.29, 0.717) is 19.8 Å². The van der Waals surface area contributed by atoms with E-state index in [2.05, 4.69) is 0 Å². The molecule has 0 aliphatic heterocycles. The largest absolute Gasteiger partial charge is 0.463 e. The summed E-state index contributed by atoms with van der Waals surface area (Å²) in [6.07, 6.45) is 1.58. The van der Waals surface area contributed by atoms with Crippen LogP contribution in [0.2, 0.25) is 0 Å². The minimum Gasteiger partial charge on any atom is -0.463 e. The van der Waals surface area contributed by atoms with Crippen LogP contribution in [0.1, 0.15) is 59.9 Å². The molecule has 0 amide bonds. The first kappa shape index (κ1) is 25.1. The Morgan fingerprint density at radius 1 is 0.815 bits per heavy atom. The summed E-state index contributed by atoms with van der Waals surface area (Å²) in [4.78, 5) is 22.9. The molecular formula is C22H36O5. The summed E-state index contributed by atoms with van der Waals surface area (Å²) in [5.41, 5.74) is 0.278. The van der Waals surface area contributed by atoms with Crippen LogP contribution in [0, 0.1) is 10.8 Å². The van der Waals surface area contributed by atoms with Crippen LogP contribution in [0.3, 0.4) is 0 Å². The van der Waals surface area contributed by atoms with E-state index in [-0.39, 0.29) is 22.8 Å². The van der Waals surface area contributed by atoms with Crippen molar-refractivity contribution in [2.45, 2.75) is 61.0 Å². The lowest BCUT2D eigenvalue weighted by Gasteiger charge is -2.20. The molecule has 1 rings (SSSR count). The predicted octanol–water partition coefficient (Wildman–Crippen LogP) is 4.78. The standard InChI is InChI=1S/C13H18O2.C9H18O3/c1-4-13(2,3)12(14)15-10-11-8-6-5-7-9-11;1-5-9(2,3)8(10)12-7-6-11-4/h5-9H,4,10H2,1-3H3;5-7H2,1-4H3. The molecule has 0 radical (unpaired) electrons. The van der Waals surface area contributed by atoms with Gasteiger partial charge < -0.3 is 14.2 Å². The highest BCUT2D eigenvalue weighted by Gasteiger charge is 2.27. The molecule has 0 bridgehead atoms. The van der Waals surface area contributed by atoms with E-state index >= 15 is 0 Å². The normalized spacial score (nSPS) is 11.2. The Morgan fingerprint density at radius 3 is 1.74 bits per heavy atom. The fourth-order valence-electron chi connectivity index (χ4n) is 1.62. The molecule has 0 spiro atoms. The van der Waals surface area contributed by atoms with Gasteiger partial charge in [-0.25, -0.2) is 0 Å². The number of methoxy groups -OCH3 is 1. The molecule has 154 valence electrons. The van der Waals surface area contributed by atoms with E-state index in [9.17, 15) is 9.59 Å². The Kier molecular flexibility index (Phi) is 11.6. The average Bonchev–Trinajstić information content (AvgIpc) is 2.67. The first-order chi connectivity index (χ1) is 12.6. The number of rotatable bonds is 9. The summed E-state index contributed by atoms with van der Waals surface area (Å²) in [5.74, 6) is -0.282. The maximum Gasteiger partial charge on any atom is 0.311 e. The van der Waals surface area contributed by atoms with Crippen molar-refractivity contribution >= 4 is 11.9 Å². The molecule has 0 aliphatic rings. The first-order valence-electron chi connectivity index (χ1n) is 9.48. The smallest absolute Gasteiger partial charge is 0.311 e. The molecule has 0 heterocycles. The number of esters is 2. The minimum absolute atomic E-state index is 0.131. The molecule has 0 atom stereocenters. The highest BCUT2D eigenvalue weighted by atomic mass is 16.6. The van der Waals surface area contributed by atoms with Crippen molar-refractivity contribution < 1.29 is 23.8 Å². The van der Waals surface area contributed by atoms with E-state index in [1.807, 2.05) is 71.9 Å². The summed E-state index contributed by atoms with van der Waals surface area (Å²) < 4.78 is 15.0. The highest BCUT2D eigenvalue weighted by molar-refractivity contribution is 5.76. The minimum atomic E-state index is -0.380. The third-order valence-corrected chi connectivity index (χ3v) is 4.61. The van der Waals surface area contributed by atoms with Crippen LogP contribution in [0.4, 0.5) is 0 Å². The fourth-order valence-corrected chi connectivity index (χ4v) is 1.62. The number of carbonyl (C=O) groups is 2. The second-order valence-electron chi connectivity index (χ2n) is 7.67. The van der Waals surface area contributed by atoms with Gasteiger partial charge in [0, 0.05) is 7.11 Å². The molecule has 0 saturated carbocycles. The Balaban J connectivity index is 0.000000516. The molecule has 5 nitrogen and oxygen atoms in total. The molecule has 27 heavy (non-hydrogen) atoms. The molecule has 1 aromatic carbocycles. The summed E-state index contributed by atoms with van der Waals surface area (Å²) in [5, 5.41) is 0. The van der Waals surface area contributed by atoms with Crippen molar-refractivity contribution in [2.24, 2.45) is 10.8 Å². The lowest BCUT2D eigenvalue weighted by atomic mass is 9.91. The van der Waals surface area contributed by atoms with Gasteiger partial charge in [0.15, 0.2) is 0 Å². The number of hydrogen-bond donors (Lipinski definition) is 0. The number of hydrogen-bond acceptors (Lipinski definition) is 5. The van der Waals surface area contributed by atoms with Gasteiger partial charge in [-0.3, -0.25) is 9.59 Å². The van der Waals surface area contributed by atoms with Gasteiger partial charge in [-0.15, -0.1) is 0 Å². The van der Waals surface area contributed by atoms with Crippen LogP contribution in [0.5, 0.6) is 0 Å². The molecule has 0 fully saturated rings. The summed E-state index contributed by atoms with van der Waals surface area (Å²) in [7, 11) is 1.58. The third-order valence-electron chi connectivity index (χ3n) is 4.61. The predicted molar refractivity (Wildman–Crippen MR) is 107 cm³/mol. The van der Waals surface area contributed by atoms with E-state index in [1.54, 1.807) is 7.11 Å². The average molecular weight is 381 g/mol. The van der Waals surface area contributed by atoms with Crippen molar-refractivity contribution in [3.63, 3.8) is 0 Å². The van der Waals surface area contributed by atoms with Crippen molar-refractivity contribution in [1.82, 2.24) is 0 Å². The molecule has 0 unspecified atom stereocenters. The van der Waals surface area contributed by atoms with Gasteiger partial charge in [-0.2, -0.15) is 0 Å². The molecule has 1 aromatic rings. The van der Waals surface area contributed by atoms with Crippen LogP contribution in [0.25, 0.3) is 0 Å². The maximum absolute atomic E-state index is 11.6. The zero-order chi connectivity index (χ0) is 20.9. The second-order valence-corrected chi connectivity index (χ2v) is 7.67. The first-order valence-corrected chi connectivity index (χ1v) is 9.48. The van der Waals surface area contributed by atoms with Gasteiger partial charge in [-0.05, 0) is 46.1 Å². The maximum atomic E-state index is 11.6. The van der Waals surface area contributed by atoms with Gasteiger partial charge in [-0.1, -0.05) is 44.2 Å². The van der Waals surface area contributed by atoms with Crippen LogP contribution >= 0.6 is 0 Å². The topological polar surface area (TPSA) is 61.8 Å². The molecule has 0 aromatic heterocycles. The van der Waals surface area contributed by atoms with Crippen molar-refractivity contribution in [1.29, 1.82) is 0 Å². The van der Waals surface area contributed by atoms with Gasteiger partial charge in [0.05, 0.1) is 17.4 Å². The third kappa shape index (κ3) is 10.1. The molecular weight excluding hydrogens is 344 g/mol. The fraction of sp³-hybridized carbons (Fsp3) is 0.636. The Hall–Kier alpha value is -1.88. The molecule has 0 N–H and O–H groups in total. The quantitative estimate of drug-likeness (QED) is 0.456. The van der Waals surface area contributed by atoms with Gasteiger partial charge in [0.25, 0.3) is 0 Å². The monoisotopic (exact) mass is 380 g/mol. The van der Waals surface area contributed by atoms with Crippen LogP contribution in [-0.2, 0) is 30.4 Å². The number of carbonyl (C=O) groups excluding carboxylic acids is 2. The zero-order valence-corrected chi connectivity index (χ0v) is 18.0. The lowest BCUT2D eigenvalue weighted by molar-refractivity contribution is -0.156. The second kappa shape index (κ2) is 12.5. The Morgan fingerprint density at radius 2 is 1.30 bits per heavy atom. The van der Waals surface area contributed by atoms with E-state index in [1.165, 1.54) is 0 Å². The van der Waals surface area contributed by atoms with Crippen LogP contribution in [-0.4, -0.2) is 32.3 Å². The van der Waals surface area contributed by atoms with Crippen molar-refractivity contribution in [2.75, 3.05) is 20.3 Å². The SMILES string of the molecule is CCC(C)(C)C(=O)OCCOC.CCC(C)(C)C(=O)OCc1ccccc1. The van der Waals surface area contributed by atoms with Crippen LogP contribution < -0.4 is 0 Å². The van der Waals surface area contributed by atoms with Gasteiger partial charge in [0.1, 0.15) is 13.2 Å². The molecule has 5 heteroatoms. The summed E-state index contributed by atoms with van der Waals surface area (Å²) in [6.45, 7) is 12.7. The summed E-state index contributed by atoms with van der Waals surface area (Å²) >= 11 is 0. The van der Waals surface area contributed by atoms with E-state index in [0.717, 1.165) is 18.4 Å². The highest BCUT2D eigenvalue weighted by Crippen LogP contribution is 2.22. The van der Waals surface area contributed by atoms with Gasteiger partial charge >= 0.3 is 11.9 Å². The Bertz CT molecular complexity index is 549. The Labute approximate surface area is 164 Å². The van der Waals surface area contributed by atoms with E-state index in [4.69, 9.17) is 14.2 Å². The zero-order valence-electron chi connectivity index (χ0n) is 18.0. The number of benzene rings is 1. The molecule has 0 saturated heterocycles. The van der Waals surface area contributed by atoms with E-state index < -0.39 is 0 Å². The van der Waals surface area contributed by atoms with Crippen molar-refractivity contribution in [3.8, 4) is 0 Å². The van der Waals surface area contributed by atoms with Gasteiger partial charge in [0.2, 0.25) is 0 Å². The lowest BCUT2D eigenvalue weighted by Crippen LogP contribution is -2.26. The summed E-state index contributed by atoms with van der Waals surface area (Å²) in [6, 6.07) is 9.72. The number of ether oxygens (including phenoxy) is 3.